The van der Waals surface area contributed by atoms with Crippen LogP contribution in [0.15, 0.2) is 0 Å². The molecule has 0 bridgehead atoms. The first-order chi connectivity index (χ1) is 5.68. The molecule has 0 aromatic carbocycles. The van der Waals surface area contributed by atoms with Crippen LogP contribution in [0.2, 0.25) is 0 Å². The summed E-state index contributed by atoms with van der Waals surface area (Å²) >= 11 is 0. The molecule has 1 aliphatic rings. The Labute approximate surface area is 74.3 Å². The fourth-order valence-corrected chi connectivity index (χ4v) is 1.99. The van der Waals surface area contributed by atoms with Crippen molar-refractivity contribution in [3.8, 4) is 0 Å². The molecular formula is C10H18O2. The Morgan fingerprint density at radius 2 is 2.33 bits per heavy atom. The van der Waals surface area contributed by atoms with Gasteiger partial charge in [-0.2, -0.15) is 0 Å². The van der Waals surface area contributed by atoms with Crippen molar-refractivity contribution < 1.29 is 9.53 Å². The summed E-state index contributed by atoms with van der Waals surface area (Å²) in [6.07, 6.45) is 4.11. The predicted octanol–water partition coefficient (Wildman–Crippen LogP) is 2.03. The van der Waals surface area contributed by atoms with Gasteiger partial charge in [0.25, 0.3) is 0 Å². The first-order valence-electron chi connectivity index (χ1n) is 4.73. The van der Waals surface area contributed by atoms with Gasteiger partial charge in [0.1, 0.15) is 6.29 Å². The number of ether oxygens (including phenoxy) is 1. The van der Waals surface area contributed by atoms with Crippen LogP contribution >= 0.6 is 0 Å². The van der Waals surface area contributed by atoms with E-state index in [9.17, 15) is 4.79 Å². The van der Waals surface area contributed by atoms with Gasteiger partial charge in [-0.25, -0.2) is 0 Å². The maximum absolute atomic E-state index is 10.9. The lowest BCUT2D eigenvalue weighted by Gasteiger charge is -2.33. The highest BCUT2D eigenvalue weighted by Gasteiger charge is 2.32. The standard InChI is InChI=1S/C10H18O2/c1-9(2)6-10(7-11)4-3-5-12-8-10/h7,9H,3-6,8H2,1-2H3. The maximum atomic E-state index is 10.9. The monoisotopic (exact) mass is 170 g/mol. The van der Waals surface area contributed by atoms with Crippen molar-refractivity contribution in [2.24, 2.45) is 11.3 Å². The van der Waals surface area contributed by atoms with E-state index in [1.807, 2.05) is 0 Å². The lowest BCUT2D eigenvalue weighted by molar-refractivity contribution is -0.125. The number of rotatable bonds is 3. The van der Waals surface area contributed by atoms with E-state index in [1.165, 1.54) is 0 Å². The van der Waals surface area contributed by atoms with Crippen LogP contribution in [0.1, 0.15) is 33.1 Å². The first-order valence-corrected chi connectivity index (χ1v) is 4.73. The van der Waals surface area contributed by atoms with Gasteiger partial charge in [-0.1, -0.05) is 13.8 Å². The van der Waals surface area contributed by atoms with Crippen LogP contribution in [0.3, 0.4) is 0 Å². The first kappa shape index (κ1) is 9.72. The highest BCUT2D eigenvalue weighted by Crippen LogP contribution is 2.32. The molecule has 0 saturated carbocycles. The van der Waals surface area contributed by atoms with Crippen LogP contribution in [0.4, 0.5) is 0 Å². The minimum Gasteiger partial charge on any atom is -0.380 e. The summed E-state index contributed by atoms with van der Waals surface area (Å²) in [5.41, 5.74) is -0.160. The Bertz CT molecular complexity index is 146. The minimum atomic E-state index is -0.160. The van der Waals surface area contributed by atoms with E-state index in [0.29, 0.717) is 12.5 Å². The molecule has 0 aromatic rings. The summed E-state index contributed by atoms with van der Waals surface area (Å²) in [6.45, 7) is 5.77. The van der Waals surface area contributed by atoms with Gasteiger partial charge in [0.05, 0.1) is 6.61 Å². The average Bonchev–Trinajstić information content (AvgIpc) is 2.05. The smallest absolute Gasteiger partial charge is 0.128 e. The third kappa shape index (κ3) is 2.31. The molecule has 1 heterocycles. The summed E-state index contributed by atoms with van der Waals surface area (Å²) in [5, 5.41) is 0. The lowest BCUT2D eigenvalue weighted by Crippen LogP contribution is -2.34. The van der Waals surface area contributed by atoms with E-state index in [-0.39, 0.29) is 5.41 Å². The highest BCUT2D eigenvalue weighted by atomic mass is 16.5. The molecule has 1 fully saturated rings. The molecule has 0 aliphatic carbocycles. The van der Waals surface area contributed by atoms with Gasteiger partial charge in [0.15, 0.2) is 0 Å². The quantitative estimate of drug-likeness (QED) is 0.606. The molecule has 2 nitrogen and oxygen atoms in total. The topological polar surface area (TPSA) is 26.3 Å². The van der Waals surface area contributed by atoms with E-state index in [2.05, 4.69) is 13.8 Å². The van der Waals surface area contributed by atoms with Crippen LogP contribution in [-0.4, -0.2) is 19.5 Å². The van der Waals surface area contributed by atoms with E-state index >= 15 is 0 Å². The summed E-state index contributed by atoms with van der Waals surface area (Å²) in [4.78, 5) is 10.9. The zero-order valence-corrected chi connectivity index (χ0v) is 8.01. The van der Waals surface area contributed by atoms with Crippen molar-refractivity contribution in [1.82, 2.24) is 0 Å². The lowest BCUT2D eigenvalue weighted by atomic mass is 9.77. The number of carbonyl (C=O) groups excluding carboxylic acids is 1. The third-order valence-electron chi connectivity index (χ3n) is 2.42. The molecule has 12 heavy (non-hydrogen) atoms. The van der Waals surface area contributed by atoms with Gasteiger partial charge in [-0.05, 0) is 25.2 Å². The molecule has 0 amide bonds. The zero-order valence-electron chi connectivity index (χ0n) is 8.01. The minimum absolute atomic E-state index is 0.160. The summed E-state index contributed by atoms with van der Waals surface area (Å²) in [7, 11) is 0. The highest BCUT2D eigenvalue weighted by molar-refractivity contribution is 5.59. The van der Waals surface area contributed by atoms with Crippen molar-refractivity contribution in [1.29, 1.82) is 0 Å². The van der Waals surface area contributed by atoms with Crippen molar-refractivity contribution in [2.75, 3.05) is 13.2 Å². The number of carbonyl (C=O) groups is 1. The Balaban J connectivity index is 2.53. The molecule has 1 saturated heterocycles. The summed E-state index contributed by atoms with van der Waals surface area (Å²) < 4.78 is 5.35. The Morgan fingerprint density at radius 3 is 2.75 bits per heavy atom. The van der Waals surface area contributed by atoms with E-state index in [4.69, 9.17) is 4.74 Å². The Hall–Kier alpha value is -0.370. The maximum Gasteiger partial charge on any atom is 0.128 e. The van der Waals surface area contributed by atoms with Crippen LogP contribution in [-0.2, 0) is 9.53 Å². The van der Waals surface area contributed by atoms with Crippen molar-refractivity contribution in [3.63, 3.8) is 0 Å². The average molecular weight is 170 g/mol. The van der Waals surface area contributed by atoms with Gasteiger partial charge in [-0.3, -0.25) is 0 Å². The van der Waals surface area contributed by atoms with Crippen LogP contribution < -0.4 is 0 Å². The normalized spacial score (nSPS) is 30.6. The van der Waals surface area contributed by atoms with E-state index in [1.54, 1.807) is 0 Å². The van der Waals surface area contributed by atoms with Gasteiger partial charge >= 0.3 is 0 Å². The Morgan fingerprint density at radius 1 is 1.58 bits per heavy atom. The largest absolute Gasteiger partial charge is 0.380 e. The molecule has 1 rings (SSSR count). The molecule has 1 unspecified atom stereocenters. The van der Waals surface area contributed by atoms with Crippen LogP contribution in [0.5, 0.6) is 0 Å². The molecule has 1 atom stereocenters. The van der Waals surface area contributed by atoms with Crippen LogP contribution in [0.25, 0.3) is 0 Å². The molecule has 70 valence electrons. The third-order valence-corrected chi connectivity index (χ3v) is 2.42. The van der Waals surface area contributed by atoms with Gasteiger partial charge in [-0.15, -0.1) is 0 Å². The molecular weight excluding hydrogens is 152 g/mol. The second kappa shape index (κ2) is 4.04. The Kier molecular flexibility index (Phi) is 3.27. The summed E-state index contributed by atoms with van der Waals surface area (Å²) in [6, 6.07) is 0. The number of aldehydes is 1. The fourth-order valence-electron chi connectivity index (χ4n) is 1.99. The van der Waals surface area contributed by atoms with Crippen LogP contribution in [0, 0.1) is 11.3 Å². The fraction of sp³-hybridized carbons (Fsp3) is 0.900. The van der Waals surface area contributed by atoms with Gasteiger partial charge in [0.2, 0.25) is 0 Å². The zero-order chi connectivity index (χ0) is 9.03. The van der Waals surface area contributed by atoms with E-state index < -0.39 is 0 Å². The van der Waals surface area contributed by atoms with Crippen molar-refractivity contribution >= 4 is 6.29 Å². The molecule has 2 heteroatoms. The summed E-state index contributed by atoms with van der Waals surface area (Å²) in [5.74, 6) is 0.580. The number of hydrogen-bond acceptors (Lipinski definition) is 2. The predicted molar refractivity (Wildman–Crippen MR) is 48.0 cm³/mol. The number of hydrogen-bond donors (Lipinski definition) is 0. The van der Waals surface area contributed by atoms with Gasteiger partial charge in [0, 0.05) is 12.0 Å². The molecule has 0 N–H and O–H groups in total. The molecule has 0 spiro atoms. The molecule has 0 aromatic heterocycles. The van der Waals surface area contributed by atoms with Gasteiger partial charge < -0.3 is 9.53 Å². The SMILES string of the molecule is CC(C)CC1(C=O)CCCOC1. The van der Waals surface area contributed by atoms with Crippen molar-refractivity contribution in [3.05, 3.63) is 0 Å². The van der Waals surface area contributed by atoms with Crippen molar-refractivity contribution in [2.45, 2.75) is 33.1 Å². The second-order valence-electron chi connectivity index (χ2n) is 4.23. The van der Waals surface area contributed by atoms with E-state index in [0.717, 1.165) is 32.2 Å². The molecule has 0 radical (unpaired) electrons. The molecule has 1 aliphatic heterocycles. The second-order valence-corrected chi connectivity index (χ2v) is 4.23.